The minimum Gasteiger partial charge on any atom is -0.383 e. The topological polar surface area (TPSA) is 73.7 Å². The molecule has 5 rings (SSSR count). The molecule has 7 heteroatoms. The predicted octanol–water partition coefficient (Wildman–Crippen LogP) is 4.40. The van der Waals surface area contributed by atoms with Crippen molar-refractivity contribution < 1.29 is 0 Å². The Morgan fingerprint density at radius 1 is 1.26 bits per heavy atom. The maximum Gasteiger partial charge on any atom is 0.146 e. The monoisotopic (exact) mass is 378 g/mol. The smallest absolute Gasteiger partial charge is 0.146 e. The molecule has 0 fully saturated rings. The predicted molar refractivity (Wildman–Crippen MR) is 110 cm³/mol. The number of benzene rings is 1. The summed E-state index contributed by atoms with van der Waals surface area (Å²) in [6, 6.07) is 8.24. The lowest BCUT2D eigenvalue weighted by molar-refractivity contribution is 0.583. The first kappa shape index (κ1) is 16.2. The maximum atomic E-state index is 6.32. The third-order valence-electron chi connectivity index (χ3n) is 5.18. The van der Waals surface area contributed by atoms with Crippen LogP contribution in [0.5, 0.6) is 0 Å². The van der Waals surface area contributed by atoms with E-state index in [4.69, 9.17) is 17.3 Å². The van der Waals surface area contributed by atoms with Crippen LogP contribution >= 0.6 is 11.6 Å². The summed E-state index contributed by atoms with van der Waals surface area (Å²) in [7, 11) is 0. The molecule has 0 bridgehead atoms. The maximum absolute atomic E-state index is 6.32. The average Bonchev–Trinajstić information content (AvgIpc) is 3.11. The number of halogens is 1. The molecule has 1 aliphatic rings. The van der Waals surface area contributed by atoms with Gasteiger partial charge in [0.15, 0.2) is 0 Å². The highest BCUT2D eigenvalue weighted by molar-refractivity contribution is 6.31. The summed E-state index contributed by atoms with van der Waals surface area (Å²) in [5.74, 6) is 1.30. The number of nitrogens with zero attached hydrogens (tertiary/aromatic N) is 4. The molecule has 0 amide bonds. The number of hydrogen-bond donors (Lipinski definition) is 2. The van der Waals surface area contributed by atoms with Gasteiger partial charge in [0.25, 0.3) is 0 Å². The van der Waals surface area contributed by atoms with E-state index >= 15 is 0 Å². The minimum absolute atomic E-state index is 0.228. The van der Waals surface area contributed by atoms with Crippen LogP contribution in [0.3, 0.4) is 0 Å². The fourth-order valence-corrected chi connectivity index (χ4v) is 4.32. The zero-order valence-electron chi connectivity index (χ0n) is 15.1. The van der Waals surface area contributed by atoms with Gasteiger partial charge in [0.05, 0.1) is 23.1 Å². The molecule has 0 radical (unpaired) electrons. The largest absolute Gasteiger partial charge is 0.383 e. The standard InChI is InChI=1S/C20H19ClN6/c1-10(2)26-16-8-23-11(3)27-14-5-4-13(21)6-12(14)7-15(27)17(16)18-19(22)24-9-25-20(18)26/h4-7,9-10,23H,3,8H2,1-2H3,(H2,22,24,25). The van der Waals surface area contributed by atoms with Crippen molar-refractivity contribution in [1.29, 1.82) is 0 Å². The Hall–Kier alpha value is -2.99. The van der Waals surface area contributed by atoms with Crippen LogP contribution in [-0.2, 0) is 6.54 Å². The van der Waals surface area contributed by atoms with Crippen LogP contribution in [0, 0.1) is 0 Å². The van der Waals surface area contributed by atoms with E-state index in [0.717, 1.165) is 44.7 Å². The van der Waals surface area contributed by atoms with E-state index in [2.05, 4.69) is 50.9 Å². The van der Waals surface area contributed by atoms with Crippen molar-refractivity contribution in [3.63, 3.8) is 0 Å². The Balaban J connectivity index is 1.99. The molecular weight excluding hydrogens is 360 g/mol. The molecule has 0 saturated heterocycles. The fourth-order valence-electron chi connectivity index (χ4n) is 4.14. The molecule has 136 valence electrons. The number of fused-ring (bicyclic) bond motifs is 7. The second-order valence-electron chi connectivity index (χ2n) is 7.11. The molecule has 0 unspecified atom stereocenters. The van der Waals surface area contributed by atoms with Gasteiger partial charge in [-0.05, 0) is 38.1 Å². The molecule has 1 aliphatic heterocycles. The van der Waals surface area contributed by atoms with Gasteiger partial charge in [0.1, 0.15) is 23.6 Å². The normalized spacial score (nSPS) is 13.7. The van der Waals surface area contributed by atoms with Crippen LogP contribution in [0.15, 0.2) is 37.2 Å². The number of rotatable bonds is 1. The van der Waals surface area contributed by atoms with E-state index in [1.54, 1.807) is 0 Å². The third kappa shape index (κ3) is 2.13. The zero-order valence-corrected chi connectivity index (χ0v) is 15.9. The third-order valence-corrected chi connectivity index (χ3v) is 5.42. The Kier molecular flexibility index (Phi) is 3.30. The van der Waals surface area contributed by atoms with Gasteiger partial charge in [0, 0.05) is 27.7 Å². The van der Waals surface area contributed by atoms with Crippen LogP contribution in [-0.4, -0.2) is 19.1 Å². The summed E-state index contributed by atoms with van der Waals surface area (Å²) in [5, 5.41) is 6.09. The second kappa shape index (κ2) is 5.50. The van der Waals surface area contributed by atoms with Crippen LogP contribution in [0.4, 0.5) is 5.82 Å². The summed E-state index contributed by atoms with van der Waals surface area (Å²) in [6.07, 6.45) is 1.53. The van der Waals surface area contributed by atoms with Crippen molar-refractivity contribution in [2.24, 2.45) is 0 Å². The average molecular weight is 379 g/mol. The lowest BCUT2D eigenvalue weighted by Crippen LogP contribution is -2.17. The zero-order chi connectivity index (χ0) is 18.9. The van der Waals surface area contributed by atoms with Crippen molar-refractivity contribution in [3.05, 3.63) is 47.9 Å². The van der Waals surface area contributed by atoms with Crippen molar-refractivity contribution in [3.8, 4) is 11.3 Å². The van der Waals surface area contributed by atoms with Gasteiger partial charge in [-0.15, -0.1) is 0 Å². The highest BCUT2D eigenvalue weighted by Gasteiger charge is 2.28. The number of anilines is 1. The summed E-state index contributed by atoms with van der Waals surface area (Å²) in [5.41, 5.74) is 11.4. The molecule has 0 atom stereocenters. The molecular formula is C20H19ClN6. The number of aromatic nitrogens is 4. The van der Waals surface area contributed by atoms with Crippen molar-refractivity contribution >= 4 is 45.2 Å². The quantitative estimate of drug-likeness (QED) is 0.514. The van der Waals surface area contributed by atoms with Crippen LogP contribution in [0.25, 0.3) is 39.0 Å². The van der Waals surface area contributed by atoms with Gasteiger partial charge in [0.2, 0.25) is 0 Å². The Morgan fingerprint density at radius 2 is 2.07 bits per heavy atom. The van der Waals surface area contributed by atoms with Gasteiger partial charge in [-0.1, -0.05) is 18.2 Å². The lowest BCUT2D eigenvalue weighted by Gasteiger charge is -2.15. The van der Waals surface area contributed by atoms with Crippen molar-refractivity contribution in [2.75, 3.05) is 5.73 Å². The van der Waals surface area contributed by atoms with Crippen molar-refractivity contribution in [2.45, 2.75) is 26.4 Å². The summed E-state index contributed by atoms with van der Waals surface area (Å²) in [6.45, 7) is 9.18. The first-order chi connectivity index (χ1) is 13.0. The lowest BCUT2D eigenvalue weighted by atomic mass is 10.1. The van der Waals surface area contributed by atoms with E-state index in [9.17, 15) is 0 Å². The summed E-state index contributed by atoms with van der Waals surface area (Å²) < 4.78 is 4.34. The Morgan fingerprint density at radius 3 is 2.85 bits per heavy atom. The molecule has 6 nitrogen and oxygen atoms in total. The minimum atomic E-state index is 0.228. The number of nitrogens with two attached hydrogens (primary N) is 1. The molecule has 27 heavy (non-hydrogen) atoms. The highest BCUT2D eigenvalue weighted by Crippen LogP contribution is 2.43. The SMILES string of the molecule is C=C1NCc2c(c3c(N)ncnc3n2C(C)C)-c2cc3cc(Cl)ccc3n21. The molecule has 4 aromatic rings. The molecule has 0 aliphatic carbocycles. The molecule has 0 spiro atoms. The summed E-state index contributed by atoms with van der Waals surface area (Å²) in [4.78, 5) is 8.81. The van der Waals surface area contributed by atoms with Gasteiger partial charge in [-0.25, -0.2) is 9.97 Å². The van der Waals surface area contributed by atoms with Gasteiger partial charge in [-0.3, -0.25) is 4.57 Å². The van der Waals surface area contributed by atoms with Crippen LogP contribution in [0.1, 0.15) is 25.6 Å². The summed E-state index contributed by atoms with van der Waals surface area (Å²) >= 11 is 6.23. The number of nitrogens with one attached hydrogen (secondary N) is 1. The molecule has 3 N–H and O–H groups in total. The van der Waals surface area contributed by atoms with Gasteiger partial charge >= 0.3 is 0 Å². The van der Waals surface area contributed by atoms with E-state index in [-0.39, 0.29) is 6.04 Å². The van der Waals surface area contributed by atoms with Gasteiger partial charge < -0.3 is 15.6 Å². The number of nitrogen functional groups attached to an aromatic ring is 1. The molecule has 0 saturated carbocycles. The van der Waals surface area contributed by atoms with E-state index in [0.29, 0.717) is 17.4 Å². The van der Waals surface area contributed by atoms with Gasteiger partial charge in [-0.2, -0.15) is 0 Å². The van der Waals surface area contributed by atoms with Crippen LogP contribution in [0.2, 0.25) is 5.02 Å². The van der Waals surface area contributed by atoms with Crippen molar-refractivity contribution in [1.82, 2.24) is 24.4 Å². The van der Waals surface area contributed by atoms with E-state index in [1.165, 1.54) is 6.33 Å². The highest BCUT2D eigenvalue weighted by atomic mass is 35.5. The first-order valence-corrected chi connectivity index (χ1v) is 9.23. The molecule has 4 heterocycles. The molecule has 3 aromatic heterocycles. The Labute approximate surface area is 161 Å². The number of hydrogen-bond acceptors (Lipinski definition) is 4. The second-order valence-corrected chi connectivity index (χ2v) is 7.55. The van der Waals surface area contributed by atoms with E-state index < -0.39 is 0 Å². The van der Waals surface area contributed by atoms with Crippen LogP contribution < -0.4 is 11.1 Å². The Bertz CT molecular complexity index is 1250. The first-order valence-electron chi connectivity index (χ1n) is 8.85. The molecule has 1 aromatic carbocycles. The van der Waals surface area contributed by atoms with E-state index in [1.807, 2.05) is 18.2 Å². The fraction of sp³-hybridized carbons (Fsp3) is 0.200.